The molecular formula is C11H13ClF2O2. The number of carboxylic acid groups (broad SMARTS) is 1. The molecule has 2 nitrogen and oxygen atoms in total. The molecule has 0 unspecified atom stereocenters. The first-order valence-corrected chi connectivity index (χ1v) is 4.67. The van der Waals surface area contributed by atoms with Crippen molar-refractivity contribution in [2.75, 3.05) is 0 Å². The van der Waals surface area contributed by atoms with Gasteiger partial charge in [-0.2, -0.15) is 8.78 Å². The molecular weight excluding hydrogens is 238 g/mol. The summed E-state index contributed by atoms with van der Waals surface area (Å²) in [6.07, 6.45) is 0.0320. The quantitative estimate of drug-likeness (QED) is 0.872. The Bertz CT molecular complexity index is 328. The Morgan fingerprint density at radius 2 is 1.81 bits per heavy atom. The van der Waals surface area contributed by atoms with E-state index in [2.05, 4.69) is 0 Å². The van der Waals surface area contributed by atoms with Gasteiger partial charge in [0.25, 0.3) is 0 Å². The predicted molar refractivity (Wildman–Crippen MR) is 59.2 cm³/mol. The van der Waals surface area contributed by atoms with Crippen LogP contribution in [0.4, 0.5) is 8.78 Å². The van der Waals surface area contributed by atoms with E-state index in [1.54, 1.807) is 0 Å². The maximum atomic E-state index is 12.6. The van der Waals surface area contributed by atoms with Gasteiger partial charge in [-0.3, -0.25) is 0 Å². The molecule has 0 aliphatic rings. The van der Waals surface area contributed by atoms with E-state index in [4.69, 9.17) is 5.11 Å². The van der Waals surface area contributed by atoms with E-state index in [1.165, 1.54) is 0 Å². The van der Waals surface area contributed by atoms with Crippen LogP contribution in [-0.4, -0.2) is 17.0 Å². The summed E-state index contributed by atoms with van der Waals surface area (Å²) in [6.45, 7) is 0. The SMILES string of the molecule is Cl.O=C(O)C(F)(F)CCCc1ccccc1. The van der Waals surface area contributed by atoms with Crippen LogP contribution in [-0.2, 0) is 11.2 Å². The zero-order chi connectivity index (χ0) is 11.3. The standard InChI is InChI=1S/C11H12F2O2.ClH/c12-11(13,10(14)15)8-4-7-9-5-2-1-3-6-9;/h1-3,5-6H,4,7-8H2,(H,14,15);1H. The number of benzene rings is 1. The maximum Gasteiger partial charge on any atom is 0.374 e. The lowest BCUT2D eigenvalue weighted by Gasteiger charge is -2.10. The van der Waals surface area contributed by atoms with Gasteiger partial charge >= 0.3 is 11.9 Å². The van der Waals surface area contributed by atoms with Gasteiger partial charge in [0.1, 0.15) is 0 Å². The Labute approximate surface area is 98.7 Å². The molecule has 1 aromatic rings. The number of alkyl halides is 2. The molecule has 0 aliphatic heterocycles. The number of halogens is 3. The molecule has 0 amide bonds. The highest BCUT2D eigenvalue weighted by Crippen LogP contribution is 2.21. The molecule has 0 heterocycles. The van der Waals surface area contributed by atoms with E-state index in [9.17, 15) is 13.6 Å². The fourth-order valence-corrected chi connectivity index (χ4v) is 1.27. The molecule has 0 atom stereocenters. The highest BCUT2D eigenvalue weighted by atomic mass is 35.5. The summed E-state index contributed by atoms with van der Waals surface area (Å²) in [4.78, 5) is 10.1. The summed E-state index contributed by atoms with van der Waals surface area (Å²) >= 11 is 0. The van der Waals surface area contributed by atoms with Crippen molar-refractivity contribution in [3.05, 3.63) is 35.9 Å². The molecule has 1 rings (SSSR count). The summed E-state index contributed by atoms with van der Waals surface area (Å²) < 4.78 is 25.3. The summed E-state index contributed by atoms with van der Waals surface area (Å²) in [6, 6.07) is 9.16. The molecule has 0 aromatic heterocycles. The van der Waals surface area contributed by atoms with E-state index in [0.29, 0.717) is 6.42 Å². The average molecular weight is 251 g/mol. The van der Waals surface area contributed by atoms with Crippen molar-refractivity contribution in [1.82, 2.24) is 0 Å². The van der Waals surface area contributed by atoms with Gasteiger partial charge in [0.05, 0.1) is 0 Å². The van der Waals surface area contributed by atoms with Gasteiger partial charge < -0.3 is 5.11 Å². The van der Waals surface area contributed by atoms with E-state index in [-0.39, 0.29) is 18.8 Å². The molecule has 1 aromatic carbocycles. The Kier molecular flexibility index (Phi) is 5.96. The Morgan fingerprint density at radius 3 is 2.31 bits per heavy atom. The first kappa shape index (κ1) is 14.8. The normalized spacial score (nSPS) is 10.6. The fourth-order valence-electron chi connectivity index (χ4n) is 1.27. The highest BCUT2D eigenvalue weighted by Gasteiger charge is 2.37. The van der Waals surface area contributed by atoms with Crippen LogP contribution in [0.1, 0.15) is 18.4 Å². The average Bonchev–Trinajstić information content (AvgIpc) is 2.19. The highest BCUT2D eigenvalue weighted by molar-refractivity contribution is 5.85. The van der Waals surface area contributed by atoms with Gasteiger partial charge in [-0.1, -0.05) is 30.3 Å². The van der Waals surface area contributed by atoms with Crippen LogP contribution in [0.3, 0.4) is 0 Å². The molecule has 0 spiro atoms. The number of hydrogen-bond donors (Lipinski definition) is 1. The minimum absolute atomic E-state index is 0. The number of carbonyl (C=O) groups is 1. The van der Waals surface area contributed by atoms with Gasteiger partial charge in [0.2, 0.25) is 0 Å². The van der Waals surface area contributed by atoms with Crippen molar-refractivity contribution >= 4 is 18.4 Å². The van der Waals surface area contributed by atoms with E-state index >= 15 is 0 Å². The third-order valence-corrected chi connectivity index (χ3v) is 2.11. The van der Waals surface area contributed by atoms with Gasteiger partial charge in [0, 0.05) is 6.42 Å². The summed E-state index contributed by atoms with van der Waals surface area (Å²) in [5, 5.41) is 8.19. The molecule has 0 fully saturated rings. The van der Waals surface area contributed by atoms with E-state index in [1.807, 2.05) is 30.3 Å². The molecule has 0 saturated carbocycles. The zero-order valence-electron chi connectivity index (χ0n) is 8.53. The van der Waals surface area contributed by atoms with Crippen LogP contribution in [0.15, 0.2) is 30.3 Å². The summed E-state index contributed by atoms with van der Waals surface area (Å²) in [5.41, 5.74) is 0.943. The third-order valence-electron chi connectivity index (χ3n) is 2.11. The van der Waals surface area contributed by atoms with E-state index in [0.717, 1.165) is 5.56 Å². The minimum Gasteiger partial charge on any atom is -0.477 e. The van der Waals surface area contributed by atoms with Crippen molar-refractivity contribution in [2.45, 2.75) is 25.2 Å². The lowest BCUT2D eigenvalue weighted by molar-refractivity contribution is -0.165. The molecule has 5 heteroatoms. The Balaban J connectivity index is 0.00000225. The Hall–Kier alpha value is -1.16. The largest absolute Gasteiger partial charge is 0.477 e. The lowest BCUT2D eigenvalue weighted by atomic mass is 10.1. The van der Waals surface area contributed by atoms with Crippen LogP contribution < -0.4 is 0 Å². The third kappa shape index (κ3) is 4.57. The van der Waals surface area contributed by atoms with Crippen LogP contribution >= 0.6 is 12.4 Å². The smallest absolute Gasteiger partial charge is 0.374 e. The predicted octanol–water partition coefficient (Wildman–Crippen LogP) is 3.15. The molecule has 0 saturated heterocycles. The molecule has 0 bridgehead atoms. The second-order valence-corrected chi connectivity index (χ2v) is 3.35. The number of rotatable bonds is 5. The number of hydrogen-bond acceptors (Lipinski definition) is 1. The van der Waals surface area contributed by atoms with Gasteiger partial charge in [-0.05, 0) is 18.4 Å². The number of carboxylic acids is 1. The van der Waals surface area contributed by atoms with Crippen molar-refractivity contribution in [3.63, 3.8) is 0 Å². The number of aliphatic carboxylic acids is 1. The second kappa shape index (κ2) is 6.43. The number of aryl methyl sites for hydroxylation is 1. The Morgan fingerprint density at radius 1 is 1.25 bits per heavy atom. The molecule has 90 valence electrons. The van der Waals surface area contributed by atoms with Crippen LogP contribution in [0.2, 0.25) is 0 Å². The lowest BCUT2D eigenvalue weighted by Crippen LogP contribution is -2.27. The zero-order valence-corrected chi connectivity index (χ0v) is 9.34. The topological polar surface area (TPSA) is 37.3 Å². The van der Waals surface area contributed by atoms with Gasteiger partial charge in [-0.25, -0.2) is 4.79 Å². The summed E-state index contributed by atoms with van der Waals surface area (Å²) in [5.74, 6) is -5.65. The van der Waals surface area contributed by atoms with Crippen molar-refractivity contribution in [1.29, 1.82) is 0 Å². The summed E-state index contributed by atoms with van der Waals surface area (Å²) in [7, 11) is 0. The van der Waals surface area contributed by atoms with Crippen molar-refractivity contribution in [2.24, 2.45) is 0 Å². The van der Waals surface area contributed by atoms with Crippen molar-refractivity contribution < 1.29 is 18.7 Å². The van der Waals surface area contributed by atoms with Gasteiger partial charge in [-0.15, -0.1) is 12.4 Å². The first-order valence-electron chi connectivity index (χ1n) is 4.67. The van der Waals surface area contributed by atoms with E-state index < -0.39 is 18.3 Å². The van der Waals surface area contributed by atoms with Crippen LogP contribution in [0.25, 0.3) is 0 Å². The first-order chi connectivity index (χ1) is 7.02. The fraction of sp³-hybridized carbons (Fsp3) is 0.364. The minimum atomic E-state index is -3.60. The molecule has 0 radical (unpaired) electrons. The molecule has 0 aliphatic carbocycles. The maximum absolute atomic E-state index is 12.6. The van der Waals surface area contributed by atoms with Crippen molar-refractivity contribution in [3.8, 4) is 0 Å². The van der Waals surface area contributed by atoms with Crippen LogP contribution in [0.5, 0.6) is 0 Å². The second-order valence-electron chi connectivity index (χ2n) is 3.35. The van der Waals surface area contributed by atoms with Gasteiger partial charge in [0.15, 0.2) is 0 Å². The molecule has 1 N–H and O–H groups in total. The monoisotopic (exact) mass is 250 g/mol. The van der Waals surface area contributed by atoms with Crippen LogP contribution in [0, 0.1) is 0 Å². The molecule has 16 heavy (non-hydrogen) atoms.